The average Bonchev–Trinajstić information content (AvgIpc) is 2.75. The zero-order chi connectivity index (χ0) is 25.2. The standard InChI is InChI=1S/C12H27O4Si.3C4H9O.Zr/c1-4-7-10-14-17(13,15-11-8-5-2)16-12-9-6-3;3*1-4(2)3-5;/h4-12H2,1-3H3;3*4H,3H2,1-2H3;/q4*-1;+4. The van der Waals surface area contributed by atoms with Crippen LogP contribution in [-0.4, -0.2) is 48.7 Å². The molecule has 9 heteroatoms. The molecule has 0 aromatic rings. The van der Waals surface area contributed by atoms with Gasteiger partial charge < -0.3 is 0 Å². The van der Waals surface area contributed by atoms with E-state index in [4.69, 9.17) is 24.2 Å². The Labute approximate surface area is 212 Å². The number of rotatable bonds is 23. The molecular weight excluding hydrogens is 520 g/mol. The van der Waals surface area contributed by atoms with E-state index in [1.807, 2.05) is 0 Å². The van der Waals surface area contributed by atoms with E-state index in [1.54, 1.807) is 0 Å². The maximum absolute atomic E-state index is 6.73. The SMILES string of the molecule is CCCCO[Si](OCCCC)(OCCCC)[O][Zr]([O]CC(C)C)([O]CC(C)C)[O]CC(C)C. The fraction of sp³-hybridized carbons (Fsp3) is 1.00. The van der Waals surface area contributed by atoms with Gasteiger partial charge in [-0.25, -0.2) is 0 Å². The third-order valence-electron chi connectivity index (χ3n) is 4.36. The summed E-state index contributed by atoms with van der Waals surface area (Å²) in [4.78, 5) is 0. The predicted octanol–water partition coefficient (Wildman–Crippen LogP) is 6.72. The zero-order valence-electron chi connectivity index (χ0n) is 23.1. The molecule has 0 aliphatic carbocycles. The molecule has 0 amide bonds. The molecule has 0 aliphatic rings. The molecule has 0 aliphatic heterocycles. The van der Waals surface area contributed by atoms with Gasteiger partial charge in [0.25, 0.3) is 0 Å². The van der Waals surface area contributed by atoms with Crippen molar-refractivity contribution in [2.24, 2.45) is 17.8 Å². The van der Waals surface area contributed by atoms with Crippen molar-refractivity contribution in [3.8, 4) is 0 Å². The van der Waals surface area contributed by atoms with Crippen molar-refractivity contribution in [3.05, 3.63) is 0 Å². The second-order valence-electron chi connectivity index (χ2n) is 9.82. The van der Waals surface area contributed by atoms with Crippen molar-refractivity contribution in [3.63, 3.8) is 0 Å². The molecular formula is C24H54O7SiZr. The summed E-state index contributed by atoms with van der Waals surface area (Å²) < 4.78 is 44.9. The Kier molecular flexibility index (Phi) is 20.4. The quantitative estimate of drug-likeness (QED) is 0.0993. The molecule has 0 heterocycles. The van der Waals surface area contributed by atoms with E-state index >= 15 is 0 Å². The van der Waals surface area contributed by atoms with Crippen molar-refractivity contribution < 1.29 is 46.2 Å². The van der Waals surface area contributed by atoms with Crippen LogP contribution in [0.5, 0.6) is 0 Å². The van der Waals surface area contributed by atoms with E-state index < -0.39 is 31.1 Å². The summed E-state index contributed by atoms with van der Waals surface area (Å²) in [5, 5.41) is 0. The number of hydrogen-bond acceptors (Lipinski definition) is 7. The second-order valence-corrected chi connectivity index (χ2v) is 18.0. The summed E-state index contributed by atoms with van der Waals surface area (Å²) in [5.74, 6) is 0.942. The molecule has 33 heavy (non-hydrogen) atoms. The molecule has 0 unspecified atom stereocenters. The Morgan fingerprint density at radius 2 is 0.848 bits per heavy atom. The molecule has 0 spiro atoms. The van der Waals surface area contributed by atoms with E-state index in [1.165, 1.54) is 0 Å². The predicted molar refractivity (Wildman–Crippen MR) is 132 cm³/mol. The summed E-state index contributed by atoms with van der Waals surface area (Å²) in [6.45, 7) is 22.1. The molecule has 0 saturated heterocycles. The van der Waals surface area contributed by atoms with Crippen LogP contribution < -0.4 is 0 Å². The van der Waals surface area contributed by atoms with Crippen LogP contribution in [-0.2, 0) is 46.2 Å². The molecule has 0 saturated carbocycles. The average molecular weight is 574 g/mol. The van der Waals surface area contributed by atoms with Crippen LogP contribution in [0.4, 0.5) is 0 Å². The summed E-state index contributed by atoms with van der Waals surface area (Å²) in [7, 11) is -3.54. The molecule has 200 valence electrons. The molecule has 7 nitrogen and oxygen atoms in total. The first-order valence-corrected chi connectivity index (χ1v) is 18.8. The van der Waals surface area contributed by atoms with Crippen LogP contribution in [0.15, 0.2) is 0 Å². The maximum atomic E-state index is 6.73. The van der Waals surface area contributed by atoms with Crippen LogP contribution in [0.25, 0.3) is 0 Å². The normalized spacial score (nSPS) is 13.1. The van der Waals surface area contributed by atoms with Gasteiger partial charge in [-0.3, -0.25) is 0 Å². The van der Waals surface area contributed by atoms with Gasteiger partial charge in [-0.05, 0) is 0 Å². The zero-order valence-corrected chi connectivity index (χ0v) is 26.5. The van der Waals surface area contributed by atoms with E-state index in [9.17, 15) is 0 Å². The third kappa shape index (κ3) is 17.0. The van der Waals surface area contributed by atoms with Crippen LogP contribution in [0.3, 0.4) is 0 Å². The van der Waals surface area contributed by atoms with Gasteiger partial charge in [-0.2, -0.15) is 0 Å². The monoisotopic (exact) mass is 572 g/mol. The first-order chi connectivity index (χ1) is 15.6. The molecule has 0 radical (unpaired) electrons. The Bertz CT molecular complexity index is 395. The van der Waals surface area contributed by atoms with Crippen LogP contribution in [0.1, 0.15) is 101 Å². The topological polar surface area (TPSA) is 64.6 Å². The Balaban J connectivity index is 6.08. The fourth-order valence-corrected chi connectivity index (χ4v) is 13.9. The van der Waals surface area contributed by atoms with Crippen LogP contribution in [0, 0.1) is 17.8 Å². The van der Waals surface area contributed by atoms with Crippen LogP contribution in [0.2, 0.25) is 0 Å². The van der Waals surface area contributed by atoms with Crippen molar-refractivity contribution in [2.75, 3.05) is 39.6 Å². The van der Waals surface area contributed by atoms with Gasteiger partial charge in [0, 0.05) is 0 Å². The summed E-state index contributed by atoms with van der Waals surface area (Å²) in [5.41, 5.74) is 0. The third-order valence-corrected chi connectivity index (χ3v) is 14.1. The Morgan fingerprint density at radius 3 is 1.09 bits per heavy atom. The molecule has 0 aromatic heterocycles. The van der Waals surface area contributed by atoms with Gasteiger partial charge in [-0.15, -0.1) is 0 Å². The molecule has 0 N–H and O–H groups in total. The van der Waals surface area contributed by atoms with Crippen molar-refractivity contribution in [1.82, 2.24) is 0 Å². The van der Waals surface area contributed by atoms with Crippen LogP contribution >= 0.6 is 0 Å². The first-order valence-electron chi connectivity index (χ1n) is 13.2. The van der Waals surface area contributed by atoms with Crippen molar-refractivity contribution in [1.29, 1.82) is 0 Å². The minimum atomic E-state index is -4.57. The molecule has 0 bridgehead atoms. The Morgan fingerprint density at radius 1 is 0.545 bits per heavy atom. The number of hydrogen-bond donors (Lipinski definition) is 0. The van der Waals surface area contributed by atoms with E-state index in [-0.39, 0.29) is 0 Å². The molecule has 0 atom stereocenters. The van der Waals surface area contributed by atoms with Gasteiger partial charge in [0.15, 0.2) is 0 Å². The minimum absolute atomic E-state index is 0.314. The van der Waals surface area contributed by atoms with E-state index in [0.717, 1.165) is 38.5 Å². The van der Waals surface area contributed by atoms with Gasteiger partial charge in [0.05, 0.1) is 0 Å². The molecule has 0 fully saturated rings. The van der Waals surface area contributed by atoms with E-state index in [0.29, 0.717) is 57.4 Å². The van der Waals surface area contributed by atoms with Gasteiger partial charge >= 0.3 is 214 Å². The fourth-order valence-electron chi connectivity index (χ4n) is 2.41. The second kappa shape index (κ2) is 19.9. The van der Waals surface area contributed by atoms with Crippen molar-refractivity contribution in [2.45, 2.75) is 101 Å². The molecule has 0 aromatic carbocycles. The number of unbranched alkanes of at least 4 members (excludes halogenated alkanes) is 3. The van der Waals surface area contributed by atoms with Crippen molar-refractivity contribution >= 4 is 9.05 Å². The van der Waals surface area contributed by atoms with Gasteiger partial charge in [-0.1, -0.05) is 0 Å². The van der Waals surface area contributed by atoms with Gasteiger partial charge in [0.1, 0.15) is 0 Å². The Hall–Kier alpha value is 0.820. The molecule has 0 rings (SSSR count). The summed E-state index contributed by atoms with van der Waals surface area (Å²) in [6, 6.07) is 0. The van der Waals surface area contributed by atoms with E-state index in [2.05, 4.69) is 62.3 Å². The summed E-state index contributed by atoms with van der Waals surface area (Å²) >= 11 is -4.57. The summed E-state index contributed by atoms with van der Waals surface area (Å²) in [6.07, 6.45) is 5.76. The first kappa shape index (κ1) is 33.8. The van der Waals surface area contributed by atoms with Gasteiger partial charge in [0.2, 0.25) is 0 Å².